The quantitative estimate of drug-likeness (QED) is 0.346. The predicted octanol–water partition coefficient (Wildman–Crippen LogP) is 5.43. The Balaban J connectivity index is 1.87. The van der Waals surface area contributed by atoms with Gasteiger partial charge >= 0.3 is 0 Å². The van der Waals surface area contributed by atoms with Crippen molar-refractivity contribution >= 4 is 33.8 Å². The number of benzene rings is 1. The van der Waals surface area contributed by atoms with E-state index in [2.05, 4.69) is 47.1 Å². The SMILES string of the molecule is C=C/C=C(\C=C)CCn1ccc2ccc(N=C(N)c3cccs3)cc21. The van der Waals surface area contributed by atoms with Crippen molar-refractivity contribution in [3.05, 3.63) is 89.8 Å². The number of amidine groups is 1. The molecule has 0 saturated heterocycles. The number of hydrogen-bond donors (Lipinski definition) is 1. The van der Waals surface area contributed by atoms with E-state index in [9.17, 15) is 0 Å². The van der Waals surface area contributed by atoms with Crippen LogP contribution in [0.5, 0.6) is 0 Å². The van der Waals surface area contributed by atoms with E-state index < -0.39 is 0 Å². The van der Waals surface area contributed by atoms with E-state index in [-0.39, 0.29) is 0 Å². The first-order chi connectivity index (χ1) is 12.2. The van der Waals surface area contributed by atoms with Gasteiger partial charge in [0.25, 0.3) is 0 Å². The van der Waals surface area contributed by atoms with Gasteiger partial charge in [-0.2, -0.15) is 0 Å². The molecule has 126 valence electrons. The number of fused-ring (bicyclic) bond motifs is 1. The molecule has 0 bridgehead atoms. The van der Waals surface area contributed by atoms with Crippen molar-refractivity contribution in [2.45, 2.75) is 13.0 Å². The van der Waals surface area contributed by atoms with E-state index in [1.54, 1.807) is 17.4 Å². The van der Waals surface area contributed by atoms with Gasteiger partial charge in [0.1, 0.15) is 5.84 Å². The molecule has 0 radical (unpaired) electrons. The Kier molecular flexibility index (Phi) is 5.31. The average Bonchev–Trinajstić information content (AvgIpc) is 3.28. The molecule has 0 atom stereocenters. The van der Waals surface area contributed by atoms with E-state index >= 15 is 0 Å². The first-order valence-corrected chi connectivity index (χ1v) is 9.00. The lowest BCUT2D eigenvalue weighted by atomic mass is 10.1. The zero-order valence-electron chi connectivity index (χ0n) is 14.1. The van der Waals surface area contributed by atoms with Crippen molar-refractivity contribution in [3.63, 3.8) is 0 Å². The zero-order valence-corrected chi connectivity index (χ0v) is 14.9. The molecule has 0 spiro atoms. The van der Waals surface area contributed by atoms with Crippen LogP contribution in [0.4, 0.5) is 5.69 Å². The predicted molar refractivity (Wildman–Crippen MR) is 110 cm³/mol. The number of nitrogens with two attached hydrogens (primary N) is 1. The lowest BCUT2D eigenvalue weighted by Gasteiger charge is -2.07. The van der Waals surface area contributed by atoms with Crippen LogP contribution in [0.15, 0.2) is 89.9 Å². The van der Waals surface area contributed by atoms with Gasteiger partial charge in [0, 0.05) is 12.7 Å². The second-order valence-electron chi connectivity index (χ2n) is 5.66. The number of aryl methyl sites for hydroxylation is 1. The summed E-state index contributed by atoms with van der Waals surface area (Å²) >= 11 is 1.59. The van der Waals surface area contributed by atoms with Crippen LogP contribution < -0.4 is 5.73 Å². The normalized spacial score (nSPS) is 12.5. The Morgan fingerprint density at radius 3 is 2.84 bits per heavy atom. The molecule has 0 aliphatic heterocycles. The Bertz CT molecular complexity index is 943. The van der Waals surface area contributed by atoms with Crippen molar-refractivity contribution in [1.29, 1.82) is 0 Å². The minimum Gasteiger partial charge on any atom is -0.383 e. The maximum Gasteiger partial charge on any atom is 0.141 e. The van der Waals surface area contributed by atoms with Crippen LogP contribution in [-0.4, -0.2) is 10.4 Å². The van der Waals surface area contributed by atoms with E-state index in [0.29, 0.717) is 5.84 Å². The number of allylic oxidation sites excluding steroid dienone is 4. The minimum atomic E-state index is 0.551. The summed E-state index contributed by atoms with van der Waals surface area (Å²) in [5.74, 6) is 0.551. The molecular formula is C21H21N3S. The van der Waals surface area contributed by atoms with E-state index in [1.165, 1.54) is 11.0 Å². The molecule has 2 heterocycles. The van der Waals surface area contributed by atoms with Gasteiger partial charge in [0.2, 0.25) is 0 Å². The largest absolute Gasteiger partial charge is 0.383 e. The monoisotopic (exact) mass is 347 g/mol. The highest BCUT2D eigenvalue weighted by atomic mass is 32.1. The number of aliphatic imine (C=N–C) groups is 1. The molecule has 0 aliphatic rings. The molecule has 3 rings (SSSR count). The van der Waals surface area contributed by atoms with Crippen LogP contribution in [0.1, 0.15) is 11.3 Å². The van der Waals surface area contributed by atoms with Gasteiger partial charge in [-0.05, 0) is 47.0 Å². The lowest BCUT2D eigenvalue weighted by molar-refractivity contribution is 0.725. The summed E-state index contributed by atoms with van der Waals surface area (Å²) in [6.07, 6.45) is 8.69. The standard InChI is InChI=1S/C21H21N3S/c1-3-6-16(4-2)10-12-24-13-11-17-8-9-18(15-19(17)24)23-21(22)20-7-5-14-25-20/h3-9,11,13-15H,1-2,10,12H2,(H2,22,23)/b16-6+. The van der Waals surface area contributed by atoms with Crippen LogP contribution >= 0.6 is 11.3 Å². The van der Waals surface area contributed by atoms with Gasteiger partial charge in [0.05, 0.1) is 16.1 Å². The first-order valence-electron chi connectivity index (χ1n) is 8.12. The molecule has 4 heteroatoms. The number of aromatic nitrogens is 1. The molecule has 0 aliphatic carbocycles. The molecule has 0 fully saturated rings. The zero-order chi connectivity index (χ0) is 17.6. The van der Waals surface area contributed by atoms with E-state index in [1.807, 2.05) is 35.7 Å². The topological polar surface area (TPSA) is 43.3 Å². The molecule has 3 nitrogen and oxygen atoms in total. The Labute approximate surface area is 152 Å². The maximum atomic E-state index is 6.10. The molecule has 2 aromatic heterocycles. The smallest absolute Gasteiger partial charge is 0.141 e. The van der Waals surface area contributed by atoms with Crippen LogP contribution in [0.2, 0.25) is 0 Å². The lowest BCUT2D eigenvalue weighted by Crippen LogP contribution is -2.10. The van der Waals surface area contributed by atoms with Gasteiger partial charge in [-0.1, -0.05) is 43.5 Å². The highest BCUT2D eigenvalue weighted by Crippen LogP contribution is 2.24. The number of nitrogens with zero attached hydrogens (tertiary/aromatic N) is 2. The Morgan fingerprint density at radius 2 is 2.12 bits per heavy atom. The number of hydrogen-bond acceptors (Lipinski definition) is 2. The van der Waals surface area contributed by atoms with Crippen molar-refractivity contribution in [3.8, 4) is 0 Å². The molecule has 1 aromatic carbocycles. The van der Waals surface area contributed by atoms with Gasteiger partial charge < -0.3 is 10.3 Å². The van der Waals surface area contributed by atoms with Crippen LogP contribution in [0.3, 0.4) is 0 Å². The summed E-state index contributed by atoms with van der Waals surface area (Å²) in [6.45, 7) is 8.48. The molecule has 25 heavy (non-hydrogen) atoms. The summed E-state index contributed by atoms with van der Waals surface area (Å²) in [5.41, 5.74) is 9.30. The van der Waals surface area contributed by atoms with Gasteiger partial charge in [-0.25, -0.2) is 4.99 Å². The van der Waals surface area contributed by atoms with Crippen molar-refractivity contribution in [1.82, 2.24) is 4.57 Å². The summed E-state index contributed by atoms with van der Waals surface area (Å²) in [4.78, 5) is 5.55. The summed E-state index contributed by atoms with van der Waals surface area (Å²) in [6, 6.07) is 12.2. The number of rotatable bonds is 7. The van der Waals surface area contributed by atoms with Gasteiger partial charge in [-0.15, -0.1) is 11.3 Å². The Hall–Kier alpha value is -2.85. The van der Waals surface area contributed by atoms with Gasteiger partial charge in [0.15, 0.2) is 0 Å². The van der Waals surface area contributed by atoms with Crippen LogP contribution in [0, 0.1) is 0 Å². The molecular weight excluding hydrogens is 326 g/mol. The molecule has 0 amide bonds. The summed E-state index contributed by atoms with van der Waals surface area (Å²) < 4.78 is 2.23. The van der Waals surface area contributed by atoms with E-state index in [0.717, 1.165) is 29.0 Å². The van der Waals surface area contributed by atoms with Crippen LogP contribution in [-0.2, 0) is 6.54 Å². The van der Waals surface area contributed by atoms with Gasteiger partial charge in [-0.3, -0.25) is 0 Å². The third-order valence-corrected chi connectivity index (χ3v) is 4.91. The molecule has 3 aromatic rings. The Morgan fingerprint density at radius 1 is 1.24 bits per heavy atom. The van der Waals surface area contributed by atoms with Crippen molar-refractivity contribution in [2.24, 2.45) is 10.7 Å². The van der Waals surface area contributed by atoms with Crippen molar-refractivity contribution in [2.75, 3.05) is 0 Å². The third-order valence-electron chi connectivity index (χ3n) is 4.02. The van der Waals surface area contributed by atoms with Crippen molar-refractivity contribution < 1.29 is 0 Å². The second kappa shape index (κ2) is 7.81. The highest BCUT2D eigenvalue weighted by molar-refractivity contribution is 7.12. The highest BCUT2D eigenvalue weighted by Gasteiger charge is 2.05. The summed E-state index contributed by atoms with van der Waals surface area (Å²) in [7, 11) is 0. The molecule has 2 N–H and O–H groups in total. The van der Waals surface area contributed by atoms with E-state index in [4.69, 9.17) is 5.73 Å². The third kappa shape index (κ3) is 3.98. The fourth-order valence-electron chi connectivity index (χ4n) is 2.71. The summed E-state index contributed by atoms with van der Waals surface area (Å²) in [5, 5.41) is 3.20. The maximum absolute atomic E-state index is 6.10. The number of thiophene rings is 1. The average molecular weight is 347 g/mol. The second-order valence-corrected chi connectivity index (χ2v) is 6.61. The fourth-order valence-corrected chi connectivity index (χ4v) is 3.34. The molecule has 0 unspecified atom stereocenters. The molecule has 0 saturated carbocycles. The first kappa shape index (κ1) is 17.0. The van der Waals surface area contributed by atoms with Crippen LogP contribution in [0.25, 0.3) is 10.9 Å². The fraction of sp³-hybridized carbons (Fsp3) is 0.0952. The minimum absolute atomic E-state index is 0.551.